The number of ether oxygens (including phenoxy) is 1. The zero-order valence-corrected chi connectivity index (χ0v) is 14.0. The molecule has 1 heterocycles. The van der Waals surface area contributed by atoms with Crippen LogP contribution in [0.15, 0.2) is 10.4 Å². The molecule has 130 valence electrons. The van der Waals surface area contributed by atoms with Gasteiger partial charge in [0.2, 0.25) is 0 Å². The average Bonchev–Trinajstić information content (AvgIpc) is 3.18. The maximum Gasteiger partial charge on any atom is 0.434 e. The van der Waals surface area contributed by atoms with Crippen LogP contribution in [0.1, 0.15) is 23.5 Å². The number of thiazole rings is 1. The normalized spacial score (nSPS) is 15.8. The first kappa shape index (κ1) is 18.0. The predicted octanol–water partition coefficient (Wildman–Crippen LogP) is 2.60. The van der Waals surface area contributed by atoms with Gasteiger partial charge in [-0.3, -0.25) is 4.99 Å². The van der Waals surface area contributed by atoms with Crippen molar-refractivity contribution in [2.45, 2.75) is 25.6 Å². The van der Waals surface area contributed by atoms with E-state index < -0.39 is 11.9 Å². The number of aromatic nitrogens is 1. The summed E-state index contributed by atoms with van der Waals surface area (Å²) in [4.78, 5) is 9.58. The van der Waals surface area contributed by atoms with Gasteiger partial charge in [0.15, 0.2) is 11.7 Å². The lowest BCUT2D eigenvalue weighted by atomic mass is 10.5. The fourth-order valence-corrected chi connectivity index (χ4v) is 2.64. The third-order valence-electron chi connectivity index (χ3n) is 3.43. The molecule has 0 radical (unpaired) electrons. The first-order chi connectivity index (χ1) is 10.9. The van der Waals surface area contributed by atoms with Crippen molar-refractivity contribution in [3.63, 3.8) is 0 Å². The third kappa shape index (κ3) is 5.98. The fraction of sp³-hybridized carbons (Fsp3) is 0.714. The van der Waals surface area contributed by atoms with Crippen LogP contribution in [-0.2, 0) is 17.5 Å². The van der Waals surface area contributed by atoms with Crippen LogP contribution >= 0.6 is 11.3 Å². The summed E-state index contributed by atoms with van der Waals surface area (Å²) in [6.45, 7) is 2.28. The Hall–Kier alpha value is -1.35. The summed E-state index contributed by atoms with van der Waals surface area (Å²) in [6, 6.07) is 0. The molecule has 0 unspecified atom stereocenters. The lowest BCUT2D eigenvalue weighted by Crippen LogP contribution is -2.40. The van der Waals surface area contributed by atoms with Crippen LogP contribution in [-0.4, -0.2) is 49.7 Å². The molecule has 1 aliphatic rings. The van der Waals surface area contributed by atoms with Crippen LogP contribution < -0.4 is 5.32 Å². The SMILES string of the molecule is CN=C(NCc1nc(C(F)(F)F)cs1)N(C)CCOCC1CC1. The van der Waals surface area contributed by atoms with Crippen LogP contribution in [0.2, 0.25) is 0 Å². The van der Waals surface area contributed by atoms with Crippen LogP contribution in [0.5, 0.6) is 0 Å². The lowest BCUT2D eigenvalue weighted by molar-refractivity contribution is -0.140. The fourth-order valence-electron chi connectivity index (χ4n) is 1.90. The Morgan fingerprint density at radius 1 is 1.52 bits per heavy atom. The molecule has 1 saturated carbocycles. The van der Waals surface area contributed by atoms with Gasteiger partial charge in [-0.1, -0.05) is 0 Å². The Balaban J connectivity index is 1.73. The number of halogens is 3. The molecule has 0 amide bonds. The number of hydrogen-bond donors (Lipinski definition) is 1. The number of likely N-dealkylation sites (N-methyl/N-ethyl adjacent to an activating group) is 1. The number of nitrogens with zero attached hydrogens (tertiary/aromatic N) is 3. The maximum atomic E-state index is 12.5. The van der Waals surface area contributed by atoms with Gasteiger partial charge in [-0.25, -0.2) is 4.98 Å². The van der Waals surface area contributed by atoms with Crippen molar-refractivity contribution in [3.05, 3.63) is 16.1 Å². The molecule has 0 atom stereocenters. The van der Waals surface area contributed by atoms with Crippen molar-refractivity contribution in [2.75, 3.05) is 33.9 Å². The highest BCUT2D eigenvalue weighted by molar-refractivity contribution is 7.09. The summed E-state index contributed by atoms with van der Waals surface area (Å²) in [5.74, 6) is 1.33. The summed E-state index contributed by atoms with van der Waals surface area (Å²) in [7, 11) is 3.49. The molecule has 0 saturated heterocycles. The van der Waals surface area contributed by atoms with Gasteiger partial charge in [-0.2, -0.15) is 13.2 Å². The van der Waals surface area contributed by atoms with E-state index in [-0.39, 0.29) is 6.54 Å². The maximum absolute atomic E-state index is 12.5. The highest BCUT2D eigenvalue weighted by Crippen LogP contribution is 2.30. The van der Waals surface area contributed by atoms with Gasteiger partial charge < -0.3 is 15.0 Å². The molecule has 0 aromatic carbocycles. The lowest BCUT2D eigenvalue weighted by Gasteiger charge is -2.21. The minimum Gasteiger partial charge on any atom is -0.379 e. The molecule has 1 N–H and O–H groups in total. The summed E-state index contributed by atoms with van der Waals surface area (Å²) in [5, 5.41) is 4.41. The minimum absolute atomic E-state index is 0.209. The Labute approximate surface area is 137 Å². The summed E-state index contributed by atoms with van der Waals surface area (Å²) in [5.41, 5.74) is -0.851. The number of alkyl halides is 3. The molecule has 0 aliphatic heterocycles. The Morgan fingerprint density at radius 2 is 2.26 bits per heavy atom. The monoisotopic (exact) mass is 350 g/mol. The standard InChI is InChI=1S/C14H21F3N4OS/c1-18-13(21(2)5-6-22-8-10-3-4-10)19-7-12-20-11(9-23-12)14(15,16)17/h9-10H,3-8H2,1-2H3,(H,18,19). The van der Waals surface area contributed by atoms with Gasteiger partial charge in [0, 0.05) is 32.6 Å². The molecular formula is C14H21F3N4OS. The molecular weight excluding hydrogens is 329 g/mol. The minimum atomic E-state index is -4.40. The van der Waals surface area contributed by atoms with Crippen molar-refractivity contribution < 1.29 is 17.9 Å². The van der Waals surface area contributed by atoms with Crippen LogP contribution in [0, 0.1) is 5.92 Å². The molecule has 2 rings (SSSR count). The van der Waals surface area contributed by atoms with E-state index in [1.54, 1.807) is 7.05 Å². The van der Waals surface area contributed by atoms with E-state index in [0.29, 0.717) is 24.1 Å². The Bertz CT molecular complexity index is 528. The van der Waals surface area contributed by atoms with Crippen LogP contribution in [0.4, 0.5) is 13.2 Å². The van der Waals surface area contributed by atoms with E-state index in [2.05, 4.69) is 15.3 Å². The van der Waals surface area contributed by atoms with Gasteiger partial charge in [0.25, 0.3) is 0 Å². The predicted molar refractivity (Wildman–Crippen MR) is 83.5 cm³/mol. The van der Waals surface area contributed by atoms with Crippen molar-refractivity contribution in [3.8, 4) is 0 Å². The number of guanidine groups is 1. The first-order valence-electron chi connectivity index (χ1n) is 7.41. The highest BCUT2D eigenvalue weighted by Gasteiger charge is 2.33. The average molecular weight is 350 g/mol. The molecule has 0 spiro atoms. The summed E-state index contributed by atoms with van der Waals surface area (Å²) >= 11 is 0.980. The number of hydrogen-bond acceptors (Lipinski definition) is 4. The van der Waals surface area contributed by atoms with Gasteiger partial charge in [-0.15, -0.1) is 11.3 Å². The molecule has 1 aliphatic carbocycles. The van der Waals surface area contributed by atoms with E-state index in [9.17, 15) is 13.2 Å². The van der Waals surface area contributed by atoms with E-state index >= 15 is 0 Å². The van der Waals surface area contributed by atoms with Crippen LogP contribution in [0.25, 0.3) is 0 Å². The molecule has 1 aromatic heterocycles. The third-order valence-corrected chi connectivity index (χ3v) is 4.28. The molecule has 9 heteroatoms. The first-order valence-corrected chi connectivity index (χ1v) is 8.29. The zero-order valence-electron chi connectivity index (χ0n) is 13.2. The second kappa shape index (κ2) is 7.96. The van der Waals surface area contributed by atoms with Gasteiger partial charge in [0.1, 0.15) is 5.01 Å². The molecule has 1 fully saturated rings. The second-order valence-electron chi connectivity index (χ2n) is 5.46. The zero-order chi connectivity index (χ0) is 16.9. The largest absolute Gasteiger partial charge is 0.434 e. The molecule has 1 aromatic rings. The van der Waals surface area contributed by atoms with Gasteiger partial charge in [-0.05, 0) is 18.8 Å². The second-order valence-corrected chi connectivity index (χ2v) is 6.41. The molecule has 23 heavy (non-hydrogen) atoms. The van der Waals surface area contributed by atoms with Crippen molar-refractivity contribution in [2.24, 2.45) is 10.9 Å². The van der Waals surface area contributed by atoms with E-state index in [1.807, 2.05) is 11.9 Å². The van der Waals surface area contributed by atoms with Crippen molar-refractivity contribution in [1.29, 1.82) is 0 Å². The number of rotatable bonds is 7. The quantitative estimate of drug-likeness (QED) is 0.467. The summed E-state index contributed by atoms with van der Waals surface area (Å²) < 4.78 is 43.1. The Kier molecular flexibility index (Phi) is 6.23. The Morgan fingerprint density at radius 3 is 2.83 bits per heavy atom. The van der Waals surface area contributed by atoms with E-state index in [4.69, 9.17) is 4.74 Å². The topological polar surface area (TPSA) is 49.8 Å². The van der Waals surface area contributed by atoms with E-state index in [0.717, 1.165) is 29.2 Å². The molecule has 0 bridgehead atoms. The smallest absolute Gasteiger partial charge is 0.379 e. The van der Waals surface area contributed by atoms with Crippen molar-refractivity contribution >= 4 is 17.3 Å². The number of nitrogens with one attached hydrogen (secondary N) is 1. The summed E-state index contributed by atoms with van der Waals surface area (Å²) in [6.07, 6.45) is -1.88. The molecule has 5 nitrogen and oxygen atoms in total. The van der Waals surface area contributed by atoms with E-state index in [1.165, 1.54) is 12.8 Å². The number of aliphatic imine (C=N–C) groups is 1. The van der Waals surface area contributed by atoms with Gasteiger partial charge in [0.05, 0.1) is 13.2 Å². The highest BCUT2D eigenvalue weighted by atomic mass is 32.1. The van der Waals surface area contributed by atoms with Gasteiger partial charge >= 0.3 is 6.18 Å². The van der Waals surface area contributed by atoms with Crippen LogP contribution in [0.3, 0.4) is 0 Å². The van der Waals surface area contributed by atoms with Crippen molar-refractivity contribution in [1.82, 2.24) is 15.2 Å².